The highest BCUT2D eigenvalue weighted by atomic mass is 79.9. The minimum absolute atomic E-state index is 0.00279. The molecule has 0 aromatic heterocycles. The molecule has 0 N–H and O–H groups in total. The summed E-state index contributed by atoms with van der Waals surface area (Å²) in [6.07, 6.45) is 0.202. The molecular weight excluding hydrogens is 260 g/mol. The number of carbonyl (C=O) groups is 1. The Morgan fingerprint density at radius 3 is 3.00 bits per heavy atom. The molecule has 15 heavy (non-hydrogen) atoms. The Morgan fingerprint density at radius 2 is 2.40 bits per heavy atom. The lowest BCUT2D eigenvalue weighted by Crippen LogP contribution is -2.07. The summed E-state index contributed by atoms with van der Waals surface area (Å²) in [6.45, 7) is 2.80. The molecule has 0 spiro atoms. The number of carbonyl (C=O) groups excluding carboxylic acids is 1. The van der Waals surface area contributed by atoms with Gasteiger partial charge in [-0.25, -0.2) is 0 Å². The van der Waals surface area contributed by atoms with Crippen LogP contribution in [0.3, 0.4) is 0 Å². The molecular formula is C11H11BrO3. The first kappa shape index (κ1) is 10.6. The Balaban J connectivity index is 2.15. The molecule has 1 unspecified atom stereocenters. The monoisotopic (exact) mass is 270 g/mol. The molecule has 1 atom stereocenters. The molecule has 80 valence electrons. The maximum atomic E-state index is 11.3. The number of hydrogen-bond acceptors (Lipinski definition) is 3. The molecule has 0 saturated carbocycles. The number of benzene rings is 1. The van der Waals surface area contributed by atoms with Gasteiger partial charge in [-0.05, 0) is 25.1 Å². The van der Waals surface area contributed by atoms with Crippen LogP contribution in [-0.4, -0.2) is 25.1 Å². The van der Waals surface area contributed by atoms with Crippen LogP contribution in [0.2, 0.25) is 0 Å². The quantitative estimate of drug-likeness (QED) is 0.623. The fraction of sp³-hybridized carbons (Fsp3) is 0.364. The summed E-state index contributed by atoms with van der Waals surface area (Å²) in [5, 5.41) is 0. The van der Waals surface area contributed by atoms with E-state index in [1.165, 1.54) is 6.92 Å². The Morgan fingerprint density at radius 1 is 1.67 bits per heavy atom. The van der Waals surface area contributed by atoms with Gasteiger partial charge in [0, 0.05) is 4.47 Å². The largest absolute Gasteiger partial charge is 0.490 e. The van der Waals surface area contributed by atoms with E-state index < -0.39 is 0 Å². The maximum Gasteiger partial charge on any atom is 0.163 e. The van der Waals surface area contributed by atoms with E-state index in [1.807, 2.05) is 6.07 Å². The Kier molecular flexibility index (Phi) is 3.07. The van der Waals surface area contributed by atoms with Crippen LogP contribution in [-0.2, 0) is 4.74 Å². The van der Waals surface area contributed by atoms with Crippen LogP contribution in [0.25, 0.3) is 0 Å². The van der Waals surface area contributed by atoms with Gasteiger partial charge in [-0.1, -0.05) is 15.9 Å². The minimum Gasteiger partial charge on any atom is -0.490 e. The van der Waals surface area contributed by atoms with Crippen LogP contribution in [0, 0.1) is 0 Å². The molecule has 1 aliphatic rings. The molecule has 4 heteroatoms. The average Bonchev–Trinajstić information content (AvgIpc) is 2.99. The van der Waals surface area contributed by atoms with E-state index in [9.17, 15) is 4.79 Å². The number of hydrogen-bond donors (Lipinski definition) is 0. The lowest BCUT2D eigenvalue weighted by atomic mass is 10.1. The fourth-order valence-corrected chi connectivity index (χ4v) is 1.61. The van der Waals surface area contributed by atoms with E-state index >= 15 is 0 Å². The van der Waals surface area contributed by atoms with E-state index in [-0.39, 0.29) is 11.9 Å². The minimum atomic E-state index is 0.00279. The molecule has 3 nitrogen and oxygen atoms in total. The molecule has 1 heterocycles. The van der Waals surface area contributed by atoms with Gasteiger partial charge in [0.1, 0.15) is 18.5 Å². The van der Waals surface area contributed by atoms with Crippen molar-refractivity contribution in [1.29, 1.82) is 0 Å². The molecule has 1 aromatic carbocycles. The Hall–Kier alpha value is -0.870. The number of rotatable bonds is 4. The van der Waals surface area contributed by atoms with Gasteiger partial charge >= 0.3 is 0 Å². The molecule has 1 saturated heterocycles. The van der Waals surface area contributed by atoms with E-state index in [1.54, 1.807) is 12.1 Å². The standard InChI is InChI=1S/C11H11BrO3/c1-7(13)10-4-8(12)2-3-11(10)15-6-9-5-14-9/h2-4,9H,5-6H2,1H3. The van der Waals surface area contributed by atoms with Crippen molar-refractivity contribution in [3.63, 3.8) is 0 Å². The van der Waals surface area contributed by atoms with Crippen molar-refractivity contribution in [1.82, 2.24) is 0 Å². The van der Waals surface area contributed by atoms with Crippen molar-refractivity contribution < 1.29 is 14.3 Å². The van der Waals surface area contributed by atoms with Crippen molar-refractivity contribution in [2.24, 2.45) is 0 Å². The van der Waals surface area contributed by atoms with Gasteiger partial charge < -0.3 is 9.47 Å². The fourth-order valence-electron chi connectivity index (χ4n) is 1.25. The molecule has 0 aliphatic carbocycles. The molecule has 2 rings (SSSR count). The van der Waals surface area contributed by atoms with Gasteiger partial charge in [-0.15, -0.1) is 0 Å². The number of ketones is 1. The van der Waals surface area contributed by atoms with Crippen LogP contribution >= 0.6 is 15.9 Å². The van der Waals surface area contributed by atoms with E-state index in [0.29, 0.717) is 17.9 Å². The Labute approximate surface area is 96.5 Å². The van der Waals surface area contributed by atoms with Crippen molar-refractivity contribution >= 4 is 21.7 Å². The highest BCUT2D eigenvalue weighted by Crippen LogP contribution is 2.24. The third kappa shape index (κ3) is 2.79. The van der Waals surface area contributed by atoms with Crippen LogP contribution in [0.15, 0.2) is 22.7 Å². The smallest absolute Gasteiger partial charge is 0.163 e. The molecule has 1 aromatic rings. The first-order valence-electron chi connectivity index (χ1n) is 4.71. The summed E-state index contributed by atoms with van der Waals surface area (Å²) in [5.74, 6) is 0.629. The van der Waals surface area contributed by atoms with Crippen LogP contribution in [0.1, 0.15) is 17.3 Å². The lowest BCUT2D eigenvalue weighted by Gasteiger charge is -2.08. The van der Waals surface area contributed by atoms with Gasteiger partial charge in [0.25, 0.3) is 0 Å². The highest BCUT2D eigenvalue weighted by Gasteiger charge is 2.23. The number of epoxide rings is 1. The normalized spacial score (nSPS) is 18.7. The average molecular weight is 271 g/mol. The maximum absolute atomic E-state index is 11.3. The highest BCUT2D eigenvalue weighted by molar-refractivity contribution is 9.10. The molecule has 1 fully saturated rings. The van der Waals surface area contributed by atoms with E-state index in [4.69, 9.17) is 9.47 Å². The molecule has 1 aliphatic heterocycles. The summed E-state index contributed by atoms with van der Waals surface area (Å²) in [4.78, 5) is 11.3. The van der Waals surface area contributed by atoms with Crippen molar-refractivity contribution in [3.8, 4) is 5.75 Å². The zero-order chi connectivity index (χ0) is 10.8. The van der Waals surface area contributed by atoms with Gasteiger partial charge in [0.2, 0.25) is 0 Å². The third-order valence-corrected chi connectivity index (χ3v) is 2.64. The van der Waals surface area contributed by atoms with Crippen molar-refractivity contribution in [3.05, 3.63) is 28.2 Å². The number of halogens is 1. The second-order valence-electron chi connectivity index (χ2n) is 3.46. The topological polar surface area (TPSA) is 38.8 Å². The van der Waals surface area contributed by atoms with E-state index in [0.717, 1.165) is 11.1 Å². The summed E-state index contributed by atoms with van der Waals surface area (Å²) >= 11 is 3.32. The van der Waals surface area contributed by atoms with Gasteiger partial charge in [0.15, 0.2) is 5.78 Å². The third-order valence-electron chi connectivity index (χ3n) is 2.15. The van der Waals surface area contributed by atoms with Gasteiger partial charge in [-0.2, -0.15) is 0 Å². The zero-order valence-corrected chi connectivity index (χ0v) is 9.91. The molecule has 0 bridgehead atoms. The first-order chi connectivity index (χ1) is 7.16. The first-order valence-corrected chi connectivity index (χ1v) is 5.51. The van der Waals surface area contributed by atoms with Crippen LogP contribution in [0.5, 0.6) is 5.75 Å². The predicted octanol–water partition coefficient (Wildman–Crippen LogP) is 2.43. The second-order valence-corrected chi connectivity index (χ2v) is 4.38. The van der Waals surface area contributed by atoms with Crippen LogP contribution < -0.4 is 4.74 Å². The second kappa shape index (κ2) is 4.33. The summed E-state index contributed by atoms with van der Waals surface area (Å²) in [6, 6.07) is 5.42. The summed E-state index contributed by atoms with van der Waals surface area (Å²) < 4.78 is 11.4. The molecule has 0 radical (unpaired) electrons. The van der Waals surface area contributed by atoms with Crippen molar-refractivity contribution in [2.45, 2.75) is 13.0 Å². The SMILES string of the molecule is CC(=O)c1cc(Br)ccc1OCC1CO1. The van der Waals surface area contributed by atoms with E-state index in [2.05, 4.69) is 15.9 Å². The summed E-state index contributed by atoms with van der Waals surface area (Å²) in [7, 11) is 0. The van der Waals surface area contributed by atoms with Crippen molar-refractivity contribution in [2.75, 3.05) is 13.2 Å². The Bertz CT molecular complexity index is 385. The van der Waals surface area contributed by atoms with Gasteiger partial charge in [-0.3, -0.25) is 4.79 Å². The van der Waals surface area contributed by atoms with Gasteiger partial charge in [0.05, 0.1) is 12.2 Å². The number of ether oxygens (including phenoxy) is 2. The zero-order valence-electron chi connectivity index (χ0n) is 8.33. The van der Waals surface area contributed by atoms with Crippen LogP contribution in [0.4, 0.5) is 0 Å². The summed E-state index contributed by atoms with van der Waals surface area (Å²) in [5.41, 5.74) is 0.602. The lowest BCUT2D eigenvalue weighted by molar-refractivity contribution is 0.101. The predicted molar refractivity (Wildman–Crippen MR) is 59.4 cm³/mol. The number of Topliss-reactive ketones (excluding diaryl/α,β-unsaturated/α-hetero) is 1. The molecule has 0 amide bonds.